The van der Waals surface area contributed by atoms with Crippen LogP contribution in [0.2, 0.25) is 0 Å². The van der Waals surface area contributed by atoms with Gasteiger partial charge in [0.05, 0.1) is 11.8 Å². The molecule has 0 N–H and O–H groups in total. The monoisotopic (exact) mass is 528 g/mol. The lowest BCUT2D eigenvalue weighted by Crippen LogP contribution is -2.54. The Hall–Kier alpha value is -3.19. The van der Waals surface area contributed by atoms with Gasteiger partial charge in [-0.15, -0.1) is 0 Å². The second-order valence-electron chi connectivity index (χ2n) is 12.2. The quantitative estimate of drug-likeness (QED) is 0.479. The molecule has 7 rings (SSSR count). The summed E-state index contributed by atoms with van der Waals surface area (Å²) in [7, 11) is -3.79. The lowest BCUT2D eigenvalue weighted by Gasteiger charge is -2.38. The van der Waals surface area contributed by atoms with Crippen LogP contribution >= 0.6 is 0 Å². The minimum atomic E-state index is -3.79. The van der Waals surface area contributed by atoms with Gasteiger partial charge in [-0.2, -0.15) is 0 Å². The van der Waals surface area contributed by atoms with Crippen LogP contribution < -0.4 is 0 Å². The zero-order valence-electron chi connectivity index (χ0n) is 21.8. The maximum Gasteiger partial charge on any atom is 0.268 e. The second kappa shape index (κ2) is 7.92. The Morgan fingerprint density at radius 1 is 1.03 bits per heavy atom. The fourth-order valence-corrected chi connectivity index (χ4v) is 10.5. The molecule has 2 aliphatic heterocycles. The summed E-state index contributed by atoms with van der Waals surface area (Å²) in [6.07, 6.45) is 2.89. The van der Waals surface area contributed by atoms with Gasteiger partial charge in [-0.1, -0.05) is 74.5 Å². The predicted molar refractivity (Wildman–Crippen MR) is 147 cm³/mol. The molecular weight excluding hydrogens is 496 g/mol. The summed E-state index contributed by atoms with van der Waals surface area (Å²) < 4.78 is 34.9. The van der Waals surface area contributed by atoms with Crippen LogP contribution in [0.15, 0.2) is 77.8 Å². The average Bonchev–Trinajstić information content (AvgIpc) is 3.57. The van der Waals surface area contributed by atoms with Crippen LogP contribution in [0.25, 0.3) is 10.8 Å². The highest BCUT2D eigenvalue weighted by atomic mass is 32.2. The smallest absolute Gasteiger partial charge is 0.268 e. The molecule has 2 aliphatic carbocycles. The van der Waals surface area contributed by atoms with Crippen molar-refractivity contribution in [3.05, 3.63) is 83.9 Å². The third kappa shape index (κ3) is 3.20. The Morgan fingerprint density at radius 3 is 2.53 bits per heavy atom. The summed E-state index contributed by atoms with van der Waals surface area (Å²) in [5.41, 5.74) is -0.142. The molecular formula is C31H32N2O4S. The first kappa shape index (κ1) is 23.9. The summed E-state index contributed by atoms with van der Waals surface area (Å²) in [6, 6.07) is 23.4. The van der Waals surface area contributed by atoms with Crippen molar-refractivity contribution in [2.45, 2.75) is 51.1 Å². The van der Waals surface area contributed by atoms with E-state index in [-0.39, 0.29) is 35.7 Å². The molecule has 1 spiro atoms. The molecule has 0 radical (unpaired) electrons. The van der Waals surface area contributed by atoms with Gasteiger partial charge < -0.3 is 4.74 Å². The predicted octanol–water partition coefficient (Wildman–Crippen LogP) is 4.97. The van der Waals surface area contributed by atoms with Gasteiger partial charge in [0.2, 0.25) is 15.9 Å². The van der Waals surface area contributed by atoms with Crippen molar-refractivity contribution < 1.29 is 17.9 Å². The SMILES string of the molecule is CC1(C)[C@@H]2CC[C@]13CS(=O)(=O)N(C(=O)[C@]1(Cc4ccc5ccccc5c4)COC(c4ccccc4)=N1)[C@@H]3C2. The number of benzene rings is 3. The van der Waals surface area contributed by atoms with E-state index >= 15 is 0 Å². The number of ether oxygens (including phenoxy) is 1. The van der Waals surface area contributed by atoms with Crippen LogP contribution in [0.3, 0.4) is 0 Å². The Labute approximate surface area is 223 Å². The van der Waals surface area contributed by atoms with Gasteiger partial charge in [0.15, 0.2) is 5.54 Å². The van der Waals surface area contributed by atoms with E-state index in [1.807, 2.05) is 60.7 Å². The fourth-order valence-electron chi connectivity index (χ4n) is 7.90. The van der Waals surface area contributed by atoms with Gasteiger partial charge in [0.25, 0.3) is 5.91 Å². The summed E-state index contributed by atoms with van der Waals surface area (Å²) in [5, 5.41) is 2.18. The highest BCUT2D eigenvalue weighted by molar-refractivity contribution is 7.90. The molecule has 1 amide bonds. The van der Waals surface area contributed by atoms with Crippen LogP contribution in [-0.4, -0.2) is 48.5 Å². The minimum Gasteiger partial charge on any atom is -0.474 e. The van der Waals surface area contributed by atoms with E-state index in [2.05, 4.69) is 26.0 Å². The lowest BCUT2D eigenvalue weighted by atomic mass is 9.69. The van der Waals surface area contributed by atoms with Crippen LogP contribution in [0.1, 0.15) is 44.2 Å². The molecule has 6 nitrogen and oxygen atoms in total. The largest absolute Gasteiger partial charge is 0.474 e. The highest BCUT2D eigenvalue weighted by Crippen LogP contribution is 2.70. The Bertz CT molecular complexity index is 1600. The Kier molecular flexibility index (Phi) is 4.98. The maximum absolute atomic E-state index is 14.6. The molecule has 2 saturated carbocycles. The van der Waals surface area contributed by atoms with Crippen LogP contribution in [0, 0.1) is 16.7 Å². The first-order chi connectivity index (χ1) is 18.2. The zero-order chi connectivity index (χ0) is 26.3. The van der Waals surface area contributed by atoms with Gasteiger partial charge in [-0.25, -0.2) is 17.7 Å². The van der Waals surface area contributed by atoms with E-state index in [4.69, 9.17) is 9.73 Å². The van der Waals surface area contributed by atoms with E-state index in [0.29, 0.717) is 11.8 Å². The van der Waals surface area contributed by atoms with E-state index in [0.717, 1.165) is 41.2 Å². The molecule has 4 atom stereocenters. The number of carbonyl (C=O) groups excluding carboxylic acids is 1. The highest BCUT2D eigenvalue weighted by Gasteiger charge is 2.73. The number of fused-ring (bicyclic) bond motifs is 2. The molecule has 38 heavy (non-hydrogen) atoms. The van der Waals surface area contributed by atoms with Gasteiger partial charge in [-0.3, -0.25) is 4.79 Å². The molecule has 4 aliphatic rings. The van der Waals surface area contributed by atoms with E-state index in [9.17, 15) is 13.2 Å². The number of hydrogen-bond acceptors (Lipinski definition) is 5. The number of sulfonamides is 1. The van der Waals surface area contributed by atoms with Crippen molar-refractivity contribution in [3.8, 4) is 0 Å². The number of rotatable bonds is 4. The lowest BCUT2D eigenvalue weighted by molar-refractivity contribution is -0.135. The molecule has 0 unspecified atom stereocenters. The van der Waals surface area contributed by atoms with Crippen molar-refractivity contribution in [2.24, 2.45) is 21.7 Å². The normalized spacial score (nSPS) is 32.3. The van der Waals surface area contributed by atoms with Crippen molar-refractivity contribution in [3.63, 3.8) is 0 Å². The molecule has 7 heteroatoms. The fraction of sp³-hybridized carbons (Fsp3) is 0.419. The van der Waals surface area contributed by atoms with Crippen molar-refractivity contribution in [1.82, 2.24) is 4.31 Å². The summed E-state index contributed by atoms with van der Waals surface area (Å²) >= 11 is 0. The Balaban J connectivity index is 1.33. The molecule has 0 aromatic heterocycles. The average molecular weight is 529 g/mol. The van der Waals surface area contributed by atoms with Crippen molar-refractivity contribution in [2.75, 3.05) is 12.4 Å². The summed E-state index contributed by atoms with van der Waals surface area (Å²) in [4.78, 5) is 19.5. The molecule has 196 valence electrons. The molecule has 3 aromatic carbocycles. The number of nitrogens with zero attached hydrogens (tertiary/aromatic N) is 2. The number of amides is 1. The molecule has 3 fully saturated rings. The molecule has 3 aromatic rings. The van der Waals surface area contributed by atoms with Gasteiger partial charge in [0.1, 0.15) is 6.61 Å². The number of aliphatic imine (C=N–C) groups is 1. The van der Waals surface area contributed by atoms with Gasteiger partial charge in [-0.05, 0) is 59.1 Å². The van der Waals surface area contributed by atoms with E-state index in [1.165, 1.54) is 4.31 Å². The van der Waals surface area contributed by atoms with E-state index in [1.54, 1.807) is 0 Å². The maximum atomic E-state index is 14.6. The summed E-state index contributed by atoms with van der Waals surface area (Å²) in [5.74, 6) is 0.418. The minimum absolute atomic E-state index is 0.0153. The van der Waals surface area contributed by atoms with Gasteiger partial charge >= 0.3 is 0 Å². The molecule has 2 bridgehead atoms. The zero-order valence-corrected chi connectivity index (χ0v) is 22.6. The third-order valence-electron chi connectivity index (χ3n) is 10.1. The van der Waals surface area contributed by atoms with Crippen molar-refractivity contribution >= 4 is 32.6 Å². The van der Waals surface area contributed by atoms with Crippen molar-refractivity contribution in [1.29, 1.82) is 0 Å². The van der Waals surface area contributed by atoms with Crippen LogP contribution in [-0.2, 0) is 26.0 Å². The number of carbonyl (C=O) groups is 1. The molecule has 1 saturated heterocycles. The topological polar surface area (TPSA) is 76.0 Å². The summed E-state index contributed by atoms with van der Waals surface area (Å²) in [6.45, 7) is 4.41. The van der Waals surface area contributed by atoms with Crippen LogP contribution in [0.4, 0.5) is 0 Å². The first-order valence-electron chi connectivity index (χ1n) is 13.5. The second-order valence-corrected chi connectivity index (χ2v) is 14.0. The van der Waals surface area contributed by atoms with E-state index < -0.39 is 21.5 Å². The van der Waals surface area contributed by atoms with Crippen LogP contribution in [0.5, 0.6) is 0 Å². The third-order valence-corrected chi connectivity index (χ3v) is 12.0. The van der Waals surface area contributed by atoms with Gasteiger partial charge in [0, 0.05) is 17.4 Å². The number of hydrogen-bond donors (Lipinski definition) is 0. The molecule has 2 heterocycles. The first-order valence-corrected chi connectivity index (χ1v) is 15.1. The standard InChI is InChI=1S/C31H32N2O4S/c1-29(2)25-14-15-30(29)20-38(35,36)33(26(30)17-25)28(34)31(19-37-27(32-31)23-9-4-3-5-10-23)18-21-12-13-22-8-6-7-11-24(22)16-21/h3-13,16,25-26H,14-15,17-20H2,1-2H3/t25-,26-,30-,31+/m1/s1. The Morgan fingerprint density at radius 2 is 1.76 bits per heavy atom.